The molecule has 0 aliphatic rings. The summed E-state index contributed by atoms with van der Waals surface area (Å²) < 4.78 is 2.54. The van der Waals surface area contributed by atoms with Crippen molar-refractivity contribution in [3.05, 3.63) is 40.9 Å². The van der Waals surface area contributed by atoms with E-state index in [-0.39, 0.29) is 0 Å². The molecule has 0 saturated carbocycles. The van der Waals surface area contributed by atoms with Crippen LogP contribution in [0.3, 0.4) is 0 Å². The molecule has 2 rings (SSSR count). The zero-order valence-corrected chi connectivity index (χ0v) is 8.64. The SMILES string of the molecule is N#Cc1cccc(Br)c1-n1cnnc1. The van der Waals surface area contributed by atoms with E-state index in [0.717, 1.165) is 10.2 Å². The maximum Gasteiger partial charge on any atom is 0.123 e. The summed E-state index contributed by atoms with van der Waals surface area (Å²) in [6, 6.07) is 7.56. The van der Waals surface area contributed by atoms with Crippen molar-refractivity contribution in [2.24, 2.45) is 0 Å². The molecule has 0 saturated heterocycles. The lowest BCUT2D eigenvalue weighted by molar-refractivity contribution is 1.04. The van der Waals surface area contributed by atoms with Crippen molar-refractivity contribution in [3.63, 3.8) is 0 Å². The van der Waals surface area contributed by atoms with Gasteiger partial charge < -0.3 is 0 Å². The fraction of sp³-hybridized carbons (Fsp3) is 0. The molecule has 0 aliphatic heterocycles. The molecule has 68 valence electrons. The molecule has 0 spiro atoms. The molecule has 0 atom stereocenters. The normalized spacial score (nSPS) is 9.71. The Morgan fingerprint density at radius 3 is 2.64 bits per heavy atom. The molecule has 0 N–H and O–H groups in total. The van der Waals surface area contributed by atoms with Gasteiger partial charge in [0.05, 0.1) is 11.3 Å². The lowest BCUT2D eigenvalue weighted by atomic mass is 10.2. The van der Waals surface area contributed by atoms with Gasteiger partial charge >= 0.3 is 0 Å². The van der Waals surface area contributed by atoms with Crippen molar-refractivity contribution in [2.75, 3.05) is 0 Å². The molecule has 2 aromatic rings. The minimum atomic E-state index is 0.583. The molecule has 0 aliphatic carbocycles. The van der Waals surface area contributed by atoms with Gasteiger partial charge in [-0.1, -0.05) is 6.07 Å². The molecule has 0 radical (unpaired) electrons. The lowest BCUT2D eigenvalue weighted by Gasteiger charge is -2.05. The Kier molecular flexibility index (Phi) is 2.29. The average molecular weight is 249 g/mol. The summed E-state index contributed by atoms with van der Waals surface area (Å²) >= 11 is 3.38. The van der Waals surface area contributed by atoms with E-state index in [2.05, 4.69) is 32.2 Å². The Labute approximate surface area is 88.9 Å². The number of aromatic nitrogens is 3. The molecular formula is C9H5BrN4. The second-order valence-corrected chi connectivity index (χ2v) is 3.47. The summed E-state index contributed by atoms with van der Waals surface area (Å²) in [5, 5.41) is 16.3. The smallest absolute Gasteiger partial charge is 0.123 e. The number of para-hydroxylation sites is 1. The van der Waals surface area contributed by atoms with Crippen LogP contribution < -0.4 is 0 Å². The molecule has 0 amide bonds. The number of nitriles is 1. The summed E-state index contributed by atoms with van der Waals surface area (Å²) in [5.74, 6) is 0. The fourth-order valence-electron chi connectivity index (χ4n) is 1.18. The van der Waals surface area contributed by atoms with Gasteiger partial charge in [-0.2, -0.15) is 5.26 Å². The molecule has 1 aromatic carbocycles. The predicted molar refractivity (Wildman–Crippen MR) is 53.8 cm³/mol. The van der Waals surface area contributed by atoms with Crippen LogP contribution in [0.1, 0.15) is 5.56 Å². The van der Waals surface area contributed by atoms with Crippen LogP contribution in [0.2, 0.25) is 0 Å². The van der Waals surface area contributed by atoms with Crippen LogP contribution in [0.4, 0.5) is 0 Å². The Morgan fingerprint density at radius 2 is 2.00 bits per heavy atom. The number of hydrogen-bond acceptors (Lipinski definition) is 3. The summed E-state index contributed by atoms with van der Waals surface area (Å²) in [7, 11) is 0. The second-order valence-electron chi connectivity index (χ2n) is 2.62. The van der Waals surface area contributed by atoms with E-state index < -0.39 is 0 Å². The first-order valence-corrected chi connectivity index (χ1v) is 4.66. The van der Waals surface area contributed by atoms with Crippen molar-refractivity contribution in [3.8, 4) is 11.8 Å². The Morgan fingerprint density at radius 1 is 1.29 bits per heavy atom. The third-order valence-electron chi connectivity index (χ3n) is 1.78. The summed E-state index contributed by atoms with van der Waals surface area (Å²) in [4.78, 5) is 0. The quantitative estimate of drug-likeness (QED) is 0.775. The van der Waals surface area contributed by atoms with Gasteiger partial charge in [0.15, 0.2) is 0 Å². The van der Waals surface area contributed by atoms with Gasteiger partial charge in [-0.3, -0.25) is 4.57 Å². The molecular weight excluding hydrogens is 244 g/mol. The average Bonchev–Trinajstić information content (AvgIpc) is 2.70. The van der Waals surface area contributed by atoms with Gasteiger partial charge in [0.25, 0.3) is 0 Å². The molecule has 1 aromatic heterocycles. The highest BCUT2D eigenvalue weighted by Gasteiger charge is 2.07. The van der Waals surface area contributed by atoms with Crippen LogP contribution in [0.5, 0.6) is 0 Å². The zero-order valence-electron chi connectivity index (χ0n) is 7.05. The standard InChI is InChI=1S/C9H5BrN4/c10-8-3-1-2-7(4-11)9(8)14-5-12-13-6-14/h1-3,5-6H. The van der Waals surface area contributed by atoms with E-state index in [1.54, 1.807) is 23.3 Å². The van der Waals surface area contributed by atoms with Crippen molar-refractivity contribution >= 4 is 15.9 Å². The van der Waals surface area contributed by atoms with Gasteiger partial charge in [0, 0.05) is 4.47 Å². The molecule has 1 heterocycles. The largest absolute Gasteiger partial charge is 0.286 e. The molecule has 0 bridgehead atoms. The van der Waals surface area contributed by atoms with Gasteiger partial charge in [-0.15, -0.1) is 10.2 Å². The van der Waals surface area contributed by atoms with Crippen LogP contribution in [0.15, 0.2) is 35.3 Å². The van der Waals surface area contributed by atoms with E-state index in [9.17, 15) is 0 Å². The molecule has 14 heavy (non-hydrogen) atoms. The fourth-order valence-corrected chi connectivity index (χ4v) is 1.76. The van der Waals surface area contributed by atoms with E-state index in [1.165, 1.54) is 0 Å². The van der Waals surface area contributed by atoms with Crippen molar-refractivity contribution in [1.82, 2.24) is 14.8 Å². The van der Waals surface area contributed by atoms with E-state index >= 15 is 0 Å². The molecule has 0 unspecified atom stereocenters. The molecule has 0 fully saturated rings. The monoisotopic (exact) mass is 248 g/mol. The molecule has 4 nitrogen and oxygen atoms in total. The minimum absolute atomic E-state index is 0.583. The number of benzene rings is 1. The zero-order chi connectivity index (χ0) is 9.97. The Hall–Kier alpha value is -1.67. The van der Waals surface area contributed by atoms with Crippen LogP contribution in [0.25, 0.3) is 5.69 Å². The first-order chi connectivity index (χ1) is 6.83. The highest BCUT2D eigenvalue weighted by Crippen LogP contribution is 2.23. The van der Waals surface area contributed by atoms with Crippen LogP contribution in [-0.4, -0.2) is 14.8 Å². The van der Waals surface area contributed by atoms with Crippen molar-refractivity contribution in [2.45, 2.75) is 0 Å². The first kappa shape index (κ1) is 8.91. The van der Waals surface area contributed by atoms with E-state index in [1.807, 2.05) is 12.1 Å². The summed E-state index contributed by atoms with van der Waals surface area (Å²) in [6.45, 7) is 0. The number of rotatable bonds is 1. The highest BCUT2D eigenvalue weighted by molar-refractivity contribution is 9.10. The van der Waals surface area contributed by atoms with Crippen LogP contribution in [-0.2, 0) is 0 Å². The second kappa shape index (κ2) is 3.60. The summed E-state index contributed by atoms with van der Waals surface area (Å²) in [5.41, 5.74) is 1.35. The molecule has 5 heteroatoms. The lowest BCUT2D eigenvalue weighted by Crippen LogP contribution is -1.95. The van der Waals surface area contributed by atoms with Crippen LogP contribution >= 0.6 is 15.9 Å². The Balaban J connectivity index is 2.69. The summed E-state index contributed by atoms with van der Waals surface area (Å²) in [6.07, 6.45) is 3.11. The topological polar surface area (TPSA) is 54.5 Å². The van der Waals surface area contributed by atoms with Gasteiger partial charge in [0.2, 0.25) is 0 Å². The third-order valence-corrected chi connectivity index (χ3v) is 2.42. The maximum absolute atomic E-state index is 8.92. The number of nitrogens with zero attached hydrogens (tertiary/aromatic N) is 4. The van der Waals surface area contributed by atoms with E-state index in [4.69, 9.17) is 5.26 Å². The first-order valence-electron chi connectivity index (χ1n) is 3.86. The number of hydrogen-bond donors (Lipinski definition) is 0. The van der Waals surface area contributed by atoms with E-state index in [0.29, 0.717) is 5.56 Å². The van der Waals surface area contributed by atoms with Gasteiger partial charge in [-0.25, -0.2) is 0 Å². The van der Waals surface area contributed by atoms with Crippen molar-refractivity contribution in [1.29, 1.82) is 5.26 Å². The van der Waals surface area contributed by atoms with Crippen molar-refractivity contribution < 1.29 is 0 Å². The maximum atomic E-state index is 8.92. The minimum Gasteiger partial charge on any atom is -0.286 e. The van der Waals surface area contributed by atoms with Gasteiger partial charge in [0.1, 0.15) is 18.7 Å². The van der Waals surface area contributed by atoms with Crippen LogP contribution in [0, 0.1) is 11.3 Å². The number of halogens is 1. The highest BCUT2D eigenvalue weighted by atomic mass is 79.9. The predicted octanol–water partition coefficient (Wildman–Crippen LogP) is 1.90. The van der Waals surface area contributed by atoms with Gasteiger partial charge in [-0.05, 0) is 28.1 Å². The Bertz CT molecular complexity index is 484. The third kappa shape index (κ3) is 1.40.